The Bertz CT molecular complexity index is 525. The first-order chi connectivity index (χ1) is 8.08. The van der Waals surface area contributed by atoms with Crippen LogP contribution in [-0.2, 0) is 13.5 Å². The first-order valence-electron chi connectivity index (χ1n) is 5.18. The first kappa shape index (κ1) is 11.7. The van der Waals surface area contributed by atoms with Gasteiger partial charge in [-0.15, -0.1) is 0 Å². The molecule has 3 nitrogen and oxygen atoms in total. The Hall–Kier alpha value is -1.75. The summed E-state index contributed by atoms with van der Waals surface area (Å²) in [6.07, 6.45) is 1.01. The Kier molecular flexibility index (Phi) is 3.19. The standard InChI is InChI=1S/C12H12F2N2O/c1-16-11(4-5-15-16)12(17)7-8-2-3-9(13)10(14)6-8/h2-6,12,17H,7H2,1H3. The highest BCUT2D eigenvalue weighted by Gasteiger charge is 2.13. The summed E-state index contributed by atoms with van der Waals surface area (Å²) in [6, 6.07) is 5.29. The average molecular weight is 238 g/mol. The van der Waals surface area contributed by atoms with Crippen molar-refractivity contribution in [2.24, 2.45) is 7.05 Å². The number of benzene rings is 1. The second-order valence-corrected chi connectivity index (χ2v) is 3.85. The predicted molar refractivity (Wildman–Crippen MR) is 58.2 cm³/mol. The lowest BCUT2D eigenvalue weighted by molar-refractivity contribution is 0.168. The molecule has 1 N–H and O–H groups in total. The van der Waals surface area contributed by atoms with Crippen molar-refractivity contribution in [3.8, 4) is 0 Å². The topological polar surface area (TPSA) is 38.0 Å². The van der Waals surface area contributed by atoms with Gasteiger partial charge in [-0.1, -0.05) is 6.07 Å². The Morgan fingerprint density at radius 2 is 2.06 bits per heavy atom. The summed E-state index contributed by atoms with van der Waals surface area (Å²) in [5.41, 5.74) is 1.17. The van der Waals surface area contributed by atoms with E-state index in [2.05, 4.69) is 5.10 Å². The number of aliphatic hydroxyl groups is 1. The van der Waals surface area contributed by atoms with E-state index in [-0.39, 0.29) is 6.42 Å². The van der Waals surface area contributed by atoms with E-state index in [0.717, 1.165) is 12.1 Å². The second-order valence-electron chi connectivity index (χ2n) is 3.85. The summed E-state index contributed by atoms with van der Waals surface area (Å²) >= 11 is 0. The number of aromatic nitrogens is 2. The molecule has 0 fully saturated rings. The Morgan fingerprint density at radius 1 is 1.29 bits per heavy atom. The van der Waals surface area contributed by atoms with E-state index in [1.165, 1.54) is 6.07 Å². The number of aliphatic hydroxyl groups excluding tert-OH is 1. The minimum atomic E-state index is -0.903. The summed E-state index contributed by atoms with van der Waals surface area (Å²) in [5, 5.41) is 13.9. The molecule has 5 heteroatoms. The van der Waals surface area contributed by atoms with Crippen molar-refractivity contribution in [1.29, 1.82) is 0 Å². The zero-order chi connectivity index (χ0) is 12.4. The third kappa shape index (κ3) is 2.50. The quantitative estimate of drug-likeness (QED) is 0.887. The molecule has 0 bridgehead atoms. The van der Waals surface area contributed by atoms with E-state index in [4.69, 9.17) is 0 Å². The summed E-state index contributed by atoms with van der Waals surface area (Å²) in [5.74, 6) is -1.79. The van der Waals surface area contributed by atoms with Crippen molar-refractivity contribution < 1.29 is 13.9 Å². The highest BCUT2D eigenvalue weighted by Crippen LogP contribution is 2.18. The van der Waals surface area contributed by atoms with Crippen molar-refractivity contribution in [2.45, 2.75) is 12.5 Å². The van der Waals surface area contributed by atoms with E-state index in [9.17, 15) is 13.9 Å². The number of rotatable bonds is 3. The van der Waals surface area contributed by atoms with E-state index in [1.807, 2.05) is 0 Å². The van der Waals surface area contributed by atoms with Gasteiger partial charge in [0.15, 0.2) is 11.6 Å². The first-order valence-corrected chi connectivity index (χ1v) is 5.18. The maximum absolute atomic E-state index is 13.0. The van der Waals surface area contributed by atoms with Gasteiger partial charge >= 0.3 is 0 Å². The van der Waals surface area contributed by atoms with E-state index in [0.29, 0.717) is 11.3 Å². The Balaban J connectivity index is 2.16. The summed E-state index contributed by atoms with van der Waals surface area (Å²) in [4.78, 5) is 0. The molecule has 0 aliphatic rings. The van der Waals surface area contributed by atoms with Crippen molar-refractivity contribution in [3.63, 3.8) is 0 Å². The maximum atomic E-state index is 13.0. The van der Waals surface area contributed by atoms with Gasteiger partial charge in [0, 0.05) is 19.7 Å². The molecule has 2 aromatic rings. The predicted octanol–water partition coefficient (Wildman–Crippen LogP) is 1.97. The molecule has 1 heterocycles. The van der Waals surface area contributed by atoms with Crippen LogP contribution in [0.25, 0.3) is 0 Å². The lowest BCUT2D eigenvalue weighted by Crippen LogP contribution is -2.08. The minimum absolute atomic E-state index is 0.219. The summed E-state index contributed by atoms with van der Waals surface area (Å²) < 4.78 is 27.2. The number of aryl methyl sites for hydroxylation is 1. The fourth-order valence-electron chi connectivity index (χ4n) is 1.71. The summed E-state index contributed by atoms with van der Waals surface area (Å²) in [6.45, 7) is 0. The van der Waals surface area contributed by atoms with Gasteiger partial charge < -0.3 is 5.11 Å². The van der Waals surface area contributed by atoms with E-state index < -0.39 is 17.7 Å². The molecule has 0 spiro atoms. The van der Waals surface area contributed by atoms with Gasteiger partial charge in [0.2, 0.25) is 0 Å². The molecule has 2 rings (SSSR count). The highest BCUT2D eigenvalue weighted by molar-refractivity contribution is 5.20. The largest absolute Gasteiger partial charge is 0.386 e. The van der Waals surface area contributed by atoms with Crippen LogP contribution in [0.4, 0.5) is 8.78 Å². The Morgan fingerprint density at radius 3 is 2.65 bits per heavy atom. The van der Waals surface area contributed by atoms with E-state index >= 15 is 0 Å². The second kappa shape index (κ2) is 4.63. The zero-order valence-electron chi connectivity index (χ0n) is 9.27. The van der Waals surface area contributed by atoms with Crippen LogP contribution in [0.2, 0.25) is 0 Å². The molecule has 90 valence electrons. The van der Waals surface area contributed by atoms with Crippen molar-refractivity contribution in [2.75, 3.05) is 0 Å². The van der Waals surface area contributed by atoms with Crippen molar-refractivity contribution in [1.82, 2.24) is 9.78 Å². The lowest BCUT2D eigenvalue weighted by atomic mass is 10.1. The van der Waals surface area contributed by atoms with Crippen molar-refractivity contribution in [3.05, 3.63) is 53.4 Å². The third-order valence-corrected chi connectivity index (χ3v) is 2.61. The number of hydrogen-bond acceptors (Lipinski definition) is 2. The van der Waals surface area contributed by atoms with Crippen LogP contribution in [0.5, 0.6) is 0 Å². The van der Waals surface area contributed by atoms with Crippen LogP contribution in [0, 0.1) is 11.6 Å². The highest BCUT2D eigenvalue weighted by atomic mass is 19.2. The van der Waals surface area contributed by atoms with Crippen LogP contribution in [0.15, 0.2) is 30.5 Å². The van der Waals surface area contributed by atoms with Crippen LogP contribution in [-0.4, -0.2) is 14.9 Å². The number of hydrogen-bond donors (Lipinski definition) is 1. The zero-order valence-corrected chi connectivity index (χ0v) is 9.27. The monoisotopic (exact) mass is 238 g/mol. The van der Waals surface area contributed by atoms with Gasteiger partial charge in [0.25, 0.3) is 0 Å². The third-order valence-electron chi connectivity index (χ3n) is 2.61. The molecule has 1 unspecified atom stereocenters. The van der Waals surface area contributed by atoms with Crippen LogP contribution in [0.3, 0.4) is 0 Å². The van der Waals surface area contributed by atoms with Crippen molar-refractivity contribution >= 4 is 0 Å². The van der Waals surface area contributed by atoms with Gasteiger partial charge in [-0.25, -0.2) is 8.78 Å². The number of halogens is 2. The van der Waals surface area contributed by atoms with Gasteiger partial charge in [-0.3, -0.25) is 4.68 Å². The SMILES string of the molecule is Cn1nccc1C(O)Cc1ccc(F)c(F)c1. The maximum Gasteiger partial charge on any atom is 0.159 e. The van der Waals surface area contributed by atoms with Gasteiger partial charge in [-0.2, -0.15) is 5.10 Å². The van der Waals surface area contributed by atoms with Crippen LogP contribution < -0.4 is 0 Å². The molecule has 1 atom stereocenters. The lowest BCUT2D eigenvalue weighted by Gasteiger charge is -2.11. The van der Waals surface area contributed by atoms with Gasteiger partial charge in [0.1, 0.15) is 0 Å². The molecule has 0 aliphatic heterocycles. The van der Waals surface area contributed by atoms with Gasteiger partial charge in [-0.05, 0) is 23.8 Å². The Labute approximate surface area is 97.3 Å². The molecule has 1 aromatic heterocycles. The molecule has 1 aromatic carbocycles. The van der Waals surface area contributed by atoms with E-state index in [1.54, 1.807) is 24.0 Å². The van der Waals surface area contributed by atoms with Crippen LogP contribution >= 0.6 is 0 Å². The number of nitrogens with zero attached hydrogens (tertiary/aromatic N) is 2. The molecule has 0 aliphatic carbocycles. The van der Waals surface area contributed by atoms with Gasteiger partial charge in [0.05, 0.1) is 11.8 Å². The fraction of sp³-hybridized carbons (Fsp3) is 0.250. The smallest absolute Gasteiger partial charge is 0.159 e. The van der Waals surface area contributed by atoms with Crippen LogP contribution in [0.1, 0.15) is 17.4 Å². The molecular weight excluding hydrogens is 226 g/mol. The fourth-order valence-corrected chi connectivity index (χ4v) is 1.71. The molecule has 0 radical (unpaired) electrons. The molecule has 0 saturated carbocycles. The normalized spacial score (nSPS) is 12.7. The summed E-state index contributed by atoms with van der Waals surface area (Å²) in [7, 11) is 1.71. The molecule has 17 heavy (non-hydrogen) atoms. The molecule has 0 saturated heterocycles. The molecule has 0 amide bonds. The minimum Gasteiger partial charge on any atom is -0.386 e. The average Bonchev–Trinajstić information content (AvgIpc) is 2.70. The molecular formula is C12H12F2N2O.